The highest BCUT2D eigenvalue weighted by molar-refractivity contribution is 6.25. The lowest BCUT2D eigenvalue weighted by Crippen LogP contribution is -2.14. The second-order valence-corrected chi connectivity index (χ2v) is 18.4. The molecule has 14 rings (SSSR count). The monoisotopic (exact) mass is 859 g/mol. The van der Waals surface area contributed by atoms with Crippen molar-refractivity contribution in [3.05, 3.63) is 223 Å². The van der Waals surface area contributed by atoms with Crippen molar-refractivity contribution in [1.29, 1.82) is 0 Å². The fourth-order valence-corrected chi connectivity index (χ4v) is 11.1. The Morgan fingerprint density at radius 1 is 0.343 bits per heavy atom. The number of furan rings is 3. The van der Waals surface area contributed by atoms with E-state index in [2.05, 4.69) is 213 Å². The van der Waals surface area contributed by atoms with Crippen LogP contribution in [0, 0.1) is 0 Å². The van der Waals surface area contributed by atoms with E-state index < -0.39 is 0 Å². The van der Waals surface area contributed by atoms with Gasteiger partial charge in [0.25, 0.3) is 0 Å². The first-order valence-electron chi connectivity index (χ1n) is 23.0. The third kappa shape index (κ3) is 5.60. The highest BCUT2D eigenvalue weighted by atomic mass is 16.3. The van der Waals surface area contributed by atoms with Crippen LogP contribution in [-0.4, -0.2) is 0 Å². The molecule has 0 saturated carbocycles. The number of hydrogen-bond donors (Lipinski definition) is 0. The molecule has 0 amide bonds. The van der Waals surface area contributed by atoms with Gasteiger partial charge in [0.05, 0.1) is 11.1 Å². The van der Waals surface area contributed by atoms with Gasteiger partial charge in [-0.15, -0.1) is 0 Å². The molecular weight excluding hydrogens is 819 g/mol. The van der Waals surface area contributed by atoms with Crippen LogP contribution in [0.25, 0.3) is 110 Å². The Hall–Kier alpha value is -8.60. The highest BCUT2D eigenvalue weighted by Gasteiger charge is 2.36. The zero-order valence-corrected chi connectivity index (χ0v) is 36.9. The van der Waals surface area contributed by atoms with Crippen LogP contribution in [-0.2, 0) is 5.41 Å². The number of fused-ring (bicyclic) bond motifs is 12. The molecule has 0 radical (unpaired) electrons. The van der Waals surface area contributed by atoms with Crippen molar-refractivity contribution in [1.82, 2.24) is 0 Å². The molecule has 4 heteroatoms. The fourth-order valence-electron chi connectivity index (χ4n) is 11.1. The average molecular weight is 860 g/mol. The van der Waals surface area contributed by atoms with Crippen molar-refractivity contribution in [3.63, 3.8) is 0 Å². The van der Waals surface area contributed by atoms with Gasteiger partial charge in [-0.1, -0.05) is 166 Å². The Balaban J connectivity index is 0.993. The van der Waals surface area contributed by atoms with Crippen molar-refractivity contribution in [2.45, 2.75) is 19.3 Å². The lowest BCUT2D eigenvalue weighted by molar-refractivity contribution is 0.660. The summed E-state index contributed by atoms with van der Waals surface area (Å²) in [6, 6.07) is 75.7. The summed E-state index contributed by atoms with van der Waals surface area (Å²) in [5, 5.41) is 6.36. The van der Waals surface area contributed by atoms with E-state index in [0.29, 0.717) is 0 Å². The Kier molecular flexibility index (Phi) is 8.00. The third-order valence-electron chi connectivity index (χ3n) is 14.3. The molecule has 0 aliphatic heterocycles. The quantitative estimate of drug-likeness (QED) is 0.167. The Labute approximate surface area is 386 Å². The summed E-state index contributed by atoms with van der Waals surface area (Å²) in [4.78, 5) is 2.36. The van der Waals surface area contributed by atoms with Crippen LogP contribution in [0.2, 0.25) is 0 Å². The Morgan fingerprint density at radius 2 is 0.925 bits per heavy atom. The molecule has 67 heavy (non-hydrogen) atoms. The van der Waals surface area contributed by atoms with Gasteiger partial charge in [0.1, 0.15) is 33.5 Å². The lowest BCUT2D eigenvalue weighted by atomic mass is 9.81. The highest BCUT2D eigenvalue weighted by Crippen LogP contribution is 2.53. The van der Waals surface area contributed by atoms with Crippen molar-refractivity contribution >= 4 is 82.9 Å². The molecule has 3 heterocycles. The maximum atomic E-state index is 7.20. The summed E-state index contributed by atoms with van der Waals surface area (Å²) >= 11 is 0. The normalized spacial score (nSPS) is 13.0. The molecule has 0 fully saturated rings. The molecule has 0 spiro atoms. The first kappa shape index (κ1) is 37.7. The van der Waals surface area contributed by atoms with E-state index in [0.717, 1.165) is 111 Å². The SMILES string of the molecule is CC1(C)c2ccccc2-c2ccc(-c3c4oc5cccc(N(c6ccc(-c7ccccc7)cc6)c6ccc(-c7cccc8c7oc7ccccc78)cc6)c5c4cc4oc5ccccc5c34)cc21. The van der Waals surface area contributed by atoms with Crippen LogP contribution in [0.3, 0.4) is 0 Å². The van der Waals surface area contributed by atoms with Crippen LogP contribution in [0.4, 0.5) is 17.1 Å². The smallest absolute Gasteiger partial charge is 0.144 e. The zero-order chi connectivity index (χ0) is 44.4. The summed E-state index contributed by atoms with van der Waals surface area (Å²) in [5.41, 5.74) is 19.8. The van der Waals surface area contributed by atoms with Crippen molar-refractivity contribution in [2.24, 2.45) is 0 Å². The van der Waals surface area contributed by atoms with Gasteiger partial charge >= 0.3 is 0 Å². The molecule has 0 atom stereocenters. The molecule has 0 N–H and O–H groups in total. The van der Waals surface area contributed by atoms with Gasteiger partial charge in [0.15, 0.2) is 0 Å². The second-order valence-electron chi connectivity index (χ2n) is 18.4. The minimum Gasteiger partial charge on any atom is -0.456 e. The van der Waals surface area contributed by atoms with E-state index in [-0.39, 0.29) is 5.41 Å². The minimum absolute atomic E-state index is 0.168. The van der Waals surface area contributed by atoms with Crippen molar-refractivity contribution in [2.75, 3.05) is 4.90 Å². The average Bonchev–Trinajstić information content (AvgIpc) is 4.12. The topological polar surface area (TPSA) is 42.7 Å². The van der Waals surface area contributed by atoms with Crippen LogP contribution < -0.4 is 4.90 Å². The van der Waals surface area contributed by atoms with Crippen LogP contribution in [0.1, 0.15) is 25.0 Å². The zero-order valence-electron chi connectivity index (χ0n) is 36.9. The van der Waals surface area contributed by atoms with Gasteiger partial charge in [0.2, 0.25) is 0 Å². The van der Waals surface area contributed by atoms with Gasteiger partial charge in [-0.25, -0.2) is 0 Å². The number of para-hydroxylation sites is 3. The second kappa shape index (κ2) is 14.2. The predicted molar refractivity (Wildman–Crippen MR) is 277 cm³/mol. The van der Waals surface area contributed by atoms with Crippen LogP contribution in [0.5, 0.6) is 0 Å². The molecular formula is C63H41NO3. The maximum absolute atomic E-state index is 7.20. The summed E-state index contributed by atoms with van der Waals surface area (Å²) in [7, 11) is 0. The van der Waals surface area contributed by atoms with E-state index in [1.54, 1.807) is 0 Å². The molecule has 3 aromatic heterocycles. The minimum atomic E-state index is -0.168. The van der Waals surface area contributed by atoms with E-state index in [1.165, 1.54) is 27.8 Å². The first-order valence-corrected chi connectivity index (χ1v) is 23.0. The maximum Gasteiger partial charge on any atom is 0.144 e. The molecule has 1 aliphatic carbocycles. The van der Waals surface area contributed by atoms with E-state index in [1.807, 2.05) is 18.2 Å². The molecule has 1 aliphatic rings. The summed E-state index contributed by atoms with van der Waals surface area (Å²) < 4.78 is 20.5. The summed E-state index contributed by atoms with van der Waals surface area (Å²) in [6.45, 7) is 4.68. The number of benzene rings is 10. The van der Waals surface area contributed by atoms with E-state index in [9.17, 15) is 0 Å². The van der Waals surface area contributed by atoms with Gasteiger partial charge in [-0.3, -0.25) is 0 Å². The van der Waals surface area contributed by atoms with E-state index in [4.69, 9.17) is 13.3 Å². The van der Waals surface area contributed by atoms with Crippen molar-refractivity contribution < 1.29 is 13.3 Å². The molecule has 4 nitrogen and oxygen atoms in total. The molecule has 0 unspecified atom stereocenters. The number of rotatable bonds is 6. The van der Waals surface area contributed by atoms with Crippen LogP contribution >= 0.6 is 0 Å². The molecule has 10 aromatic carbocycles. The first-order chi connectivity index (χ1) is 33.0. The van der Waals surface area contributed by atoms with E-state index >= 15 is 0 Å². The Bertz CT molecular complexity index is 4110. The number of hydrogen-bond acceptors (Lipinski definition) is 4. The third-order valence-corrected chi connectivity index (χ3v) is 14.3. The summed E-state index contributed by atoms with van der Waals surface area (Å²) in [5.74, 6) is 0. The number of anilines is 3. The fraction of sp³-hybridized carbons (Fsp3) is 0.0476. The van der Waals surface area contributed by atoms with Crippen molar-refractivity contribution in [3.8, 4) is 44.5 Å². The molecule has 0 saturated heterocycles. The lowest BCUT2D eigenvalue weighted by Gasteiger charge is -2.26. The van der Waals surface area contributed by atoms with Crippen LogP contribution in [0.15, 0.2) is 226 Å². The Morgan fingerprint density at radius 3 is 1.73 bits per heavy atom. The molecule has 316 valence electrons. The van der Waals surface area contributed by atoms with Gasteiger partial charge in [-0.05, 0) is 105 Å². The largest absolute Gasteiger partial charge is 0.456 e. The summed E-state index contributed by atoms with van der Waals surface area (Å²) in [6.07, 6.45) is 0. The molecule has 0 bridgehead atoms. The number of nitrogens with zero attached hydrogens (tertiary/aromatic N) is 1. The predicted octanol–water partition coefficient (Wildman–Crippen LogP) is 18.2. The van der Waals surface area contributed by atoms with Gasteiger partial charge < -0.3 is 18.2 Å². The van der Waals surface area contributed by atoms with Gasteiger partial charge in [-0.2, -0.15) is 0 Å². The van der Waals surface area contributed by atoms with Gasteiger partial charge in [0, 0.05) is 54.8 Å². The molecule has 13 aromatic rings. The standard InChI is InChI=1S/C63H41NO3/c1-63(2)51-21-9-6-16-45(51)46-35-30-41(36-52(46)63)58-60-49-18-8-11-24-55(49)65-57(60)37-50-59-53(22-13-25-56(59)67-62(50)58)64(42-31-26-39(27-32-42)38-14-4-3-5-15-38)43-33-28-40(29-34-43)44-19-12-20-48-47-17-7-10-23-54(47)66-61(44)48/h3-37H,1-2H3.